The molecule has 5 nitrogen and oxygen atoms in total. The third-order valence-electron chi connectivity index (χ3n) is 5.91. The molecule has 5 rings (SSSR count). The minimum Gasteiger partial charge on any atom is -0.463 e. The van der Waals surface area contributed by atoms with Gasteiger partial charge in [-0.15, -0.1) is 0 Å². The Labute approximate surface area is 202 Å². The van der Waals surface area contributed by atoms with Crippen molar-refractivity contribution in [1.29, 1.82) is 0 Å². The predicted octanol–water partition coefficient (Wildman–Crippen LogP) is 6.22. The van der Waals surface area contributed by atoms with E-state index in [-0.39, 0.29) is 17.6 Å². The molecule has 0 aliphatic rings. The van der Waals surface area contributed by atoms with E-state index in [1.807, 2.05) is 36.4 Å². The number of furan rings is 1. The molecule has 174 valence electrons. The molecule has 0 saturated carbocycles. The lowest BCUT2D eigenvalue weighted by Gasteiger charge is -2.18. The average Bonchev–Trinajstić information content (AvgIpc) is 3.59. The number of nitrogens with one attached hydrogen (secondary N) is 1. The number of halogens is 1. The summed E-state index contributed by atoms with van der Waals surface area (Å²) in [6.07, 6.45) is 2.29. The highest BCUT2D eigenvalue weighted by molar-refractivity contribution is 5.94. The van der Waals surface area contributed by atoms with Crippen LogP contribution in [0.15, 0.2) is 114 Å². The number of benzene rings is 3. The SMILES string of the molecule is O=C(NCCC(c1ccccc1)c1ccccc1)c1cc(-c2ccco2)nn1-c1ccc(F)cc1. The largest absolute Gasteiger partial charge is 0.463 e. The summed E-state index contributed by atoms with van der Waals surface area (Å²) in [5.41, 5.74) is 3.85. The number of amides is 1. The lowest BCUT2D eigenvalue weighted by Crippen LogP contribution is -2.28. The van der Waals surface area contributed by atoms with Crippen molar-refractivity contribution in [3.05, 3.63) is 132 Å². The Morgan fingerprint density at radius 1 is 0.886 bits per heavy atom. The smallest absolute Gasteiger partial charge is 0.270 e. The van der Waals surface area contributed by atoms with Gasteiger partial charge < -0.3 is 9.73 Å². The monoisotopic (exact) mass is 465 g/mol. The van der Waals surface area contributed by atoms with Gasteiger partial charge in [0.25, 0.3) is 5.91 Å². The van der Waals surface area contributed by atoms with Crippen molar-refractivity contribution in [1.82, 2.24) is 15.1 Å². The van der Waals surface area contributed by atoms with Crippen LogP contribution in [0.5, 0.6) is 0 Å². The van der Waals surface area contributed by atoms with E-state index in [9.17, 15) is 9.18 Å². The molecule has 0 aliphatic heterocycles. The Kier molecular flexibility index (Phi) is 6.52. The van der Waals surface area contributed by atoms with Crippen LogP contribution >= 0.6 is 0 Å². The summed E-state index contributed by atoms with van der Waals surface area (Å²) in [4.78, 5) is 13.3. The highest BCUT2D eigenvalue weighted by Crippen LogP contribution is 2.28. The number of carbonyl (C=O) groups is 1. The number of nitrogens with zero attached hydrogens (tertiary/aromatic N) is 2. The number of rotatable bonds is 8. The molecule has 0 saturated heterocycles. The van der Waals surface area contributed by atoms with E-state index in [0.29, 0.717) is 29.4 Å². The molecule has 0 spiro atoms. The van der Waals surface area contributed by atoms with Crippen molar-refractivity contribution in [2.75, 3.05) is 6.54 Å². The first kappa shape index (κ1) is 22.3. The quantitative estimate of drug-likeness (QED) is 0.296. The zero-order valence-corrected chi connectivity index (χ0v) is 19.0. The lowest BCUT2D eigenvalue weighted by atomic mass is 9.88. The van der Waals surface area contributed by atoms with Gasteiger partial charge in [-0.3, -0.25) is 4.79 Å². The highest BCUT2D eigenvalue weighted by Gasteiger charge is 2.20. The third-order valence-corrected chi connectivity index (χ3v) is 5.91. The van der Waals surface area contributed by atoms with Crippen LogP contribution in [0, 0.1) is 5.82 Å². The molecular formula is C29H24FN3O2. The average molecular weight is 466 g/mol. The minimum atomic E-state index is -0.356. The molecule has 0 radical (unpaired) electrons. The minimum absolute atomic E-state index is 0.151. The number of aromatic nitrogens is 2. The zero-order chi connectivity index (χ0) is 24.0. The second-order valence-electron chi connectivity index (χ2n) is 8.20. The number of hydrogen-bond acceptors (Lipinski definition) is 3. The van der Waals surface area contributed by atoms with Crippen LogP contribution in [-0.2, 0) is 0 Å². The summed E-state index contributed by atoms with van der Waals surface area (Å²) < 4.78 is 20.5. The first-order chi connectivity index (χ1) is 17.2. The molecule has 2 aromatic heterocycles. The number of hydrogen-bond donors (Lipinski definition) is 1. The van der Waals surface area contributed by atoms with Crippen molar-refractivity contribution >= 4 is 5.91 Å². The molecule has 0 unspecified atom stereocenters. The molecule has 0 fully saturated rings. The molecule has 0 atom stereocenters. The molecule has 35 heavy (non-hydrogen) atoms. The zero-order valence-electron chi connectivity index (χ0n) is 19.0. The van der Waals surface area contributed by atoms with Crippen LogP contribution in [-0.4, -0.2) is 22.2 Å². The van der Waals surface area contributed by atoms with Crippen LogP contribution in [0.25, 0.3) is 17.1 Å². The van der Waals surface area contributed by atoms with Gasteiger partial charge in [0.1, 0.15) is 17.2 Å². The van der Waals surface area contributed by atoms with Crippen molar-refractivity contribution in [3.63, 3.8) is 0 Å². The molecule has 3 aromatic carbocycles. The fourth-order valence-corrected chi connectivity index (χ4v) is 4.18. The number of carbonyl (C=O) groups excluding carboxylic acids is 1. The fourth-order valence-electron chi connectivity index (χ4n) is 4.18. The second kappa shape index (κ2) is 10.2. The van der Waals surface area contributed by atoms with Crippen LogP contribution < -0.4 is 5.32 Å². The Morgan fingerprint density at radius 2 is 1.54 bits per heavy atom. The van der Waals surface area contributed by atoms with Gasteiger partial charge in [-0.1, -0.05) is 60.7 Å². The second-order valence-corrected chi connectivity index (χ2v) is 8.20. The highest BCUT2D eigenvalue weighted by atomic mass is 19.1. The first-order valence-corrected chi connectivity index (χ1v) is 11.5. The molecule has 2 heterocycles. The first-order valence-electron chi connectivity index (χ1n) is 11.5. The van der Waals surface area contributed by atoms with Gasteiger partial charge in [0, 0.05) is 18.5 Å². The van der Waals surface area contributed by atoms with Crippen LogP contribution in [0.1, 0.15) is 34.0 Å². The summed E-state index contributed by atoms with van der Waals surface area (Å²) in [6, 6.07) is 31.6. The summed E-state index contributed by atoms with van der Waals surface area (Å²) in [5, 5.41) is 7.60. The van der Waals surface area contributed by atoms with E-state index in [4.69, 9.17) is 4.42 Å². The van der Waals surface area contributed by atoms with Gasteiger partial charge in [0.15, 0.2) is 5.76 Å². The van der Waals surface area contributed by atoms with Gasteiger partial charge >= 0.3 is 0 Å². The van der Waals surface area contributed by atoms with E-state index in [1.54, 1.807) is 36.6 Å². The molecule has 6 heteroatoms. The summed E-state index contributed by atoms with van der Waals surface area (Å²) in [5.74, 6) is 0.0806. The van der Waals surface area contributed by atoms with E-state index in [2.05, 4.69) is 34.7 Å². The van der Waals surface area contributed by atoms with Gasteiger partial charge in [0.2, 0.25) is 0 Å². The molecule has 1 N–H and O–H groups in total. The predicted molar refractivity (Wildman–Crippen MR) is 133 cm³/mol. The molecule has 0 aliphatic carbocycles. The Bertz CT molecular complexity index is 1340. The van der Waals surface area contributed by atoms with Crippen LogP contribution in [0.4, 0.5) is 4.39 Å². The fraction of sp³-hybridized carbons (Fsp3) is 0.103. The molecule has 0 bridgehead atoms. The van der Waals surface area contributed by atoms with Crippen LogP contribution in [0.2, 0.25) is 0 Å². The topological polar surface area (TPSA) is 60.1 Å². The van der Waals surface area contributed by atoms with Crippen LogP contribution in [0.3, 0.4) is 0 Å². The van der Waals surface area contributed by atoms with E-state index < -0.39 is 0 Å². The van der Waals surface area contributed by atoms with Crippen molar-refractivity contribution in [3.8, 4) is 17.1 Å². The van der Waals surface area contributed by atoms with Gasteiger partial charge in [-0.05, 0) is 53.9 Å². The van der Waals surface area contributed by atoms with E-state index in [0.717, 1.165) is 6.42 Å². The third kappa shape index (κ3) is 5.06. The normalized spacial score (nSPS) is 11.0. The van der Waals surface area contributed by atoms with Crippen molar-refractivity contribution in [2.24, 2.45) is 0 Å². The van der Waals surface area contributed by atoms with Gasteiger partial charge in [0.05, 0.1) is 12.0 Å². The molecule has 5 aromatic rings. The standard InChI is InChI=1S/C29H24FN3O2/c30-23-13-15-24(16-14-23)33-27(20-26(32-33)28-12-7-19-35-28)29(34)31-18-17-25(21-8-3-1-4-9-21)22-10-5-2-6-11-22/h1-16,19-20,25H,17-18H2,(H,31,34). The van der Waals surface area contributed by atoms with Crippen molar-refractivity contribution < 1.29 is 13.6 Å². The molecule has 1 amide bonds. The Morgan fingerprint density at radius 3 is 2.14 bits per heavy atom. The van der Waals surface area contributed by atoms with Gasteiger partial charge in [-0.25, -0.2) is 9.07 Å². The van der Waals surface area contributed by atoms with E-state index >= 15 is 0 Å². The Hall–Kier alpha value is -4.45. The maximum absolute atomic E-state index is 13.5. The molecular weight excluding hydrogens is 441 g/mol. The summed E-state index contributed by atoms with van der Waals surface area (Å²) in [6.45, 7) is 0.470. The van der Waals surface area contributed by atoms with Gasteiger partial charge in [-0.2, -0.15) is 5.10 Å². The maximum atomic E-state index is 13.5. The summed E-state index contributed by atoms with van der Waals surface area (Å²) in [7, 11) is 0. The van der Waals surface area contributed by atoms with E-state index in [1.165, 1.54) is 27.9 Å². The lowest BCUT2D eigenvalue weighted by molar-refractivity contribution is 0.0945. The maximum Gasteiger partial charge on any atom is 0.270 e. The Balaban J connectivity index is 1.37. The van der Waals surface area contributed by atoms with Crippen molar-refractivity contribution in [2.45, 2.75) is 12.3 Å². The summed E-state index contributed by atoms with van der Waals surface area (Å²) >= 11 is 0.